The zero-order valence-electron chi connectivity index (χ0n) is 11.4. The van der Waals surface area contributed by atoms with Gasteiger partial charge in [0, 0.05) is 0 Å². The van der Waals surface area contributed by atoms with Crippen LogP contribution >= 0.6 is 0 Å². The fourth-order valence-corrected chi connectivity index (χ4v) is 2.30. The Labute approximate surface area is 126 Å². The third kappa shape index (κ3) is 2.71. The molecule has 13 nitrogen and oxygen atoms in total. The molecule has 0 aliphatic carbocycles. The average Bonchev–Trinajstić information content (AvgIpc) is 2.82. The molecule has 1 aliphatic heterocycles. The van der Waals surface area contributed by atoms with Gasteiger partial charge in [-0.25, -0.2) is 9.36 Å². The summed E-state index contributed by atoms with van der Waals surface area (Å²) in [6.45, 7) is -0.896. The quantitative estimate of drug-likeness (QED) is 0.204. The maximum atomic E-state index is 11.7. The van der Waals surface area contributed by atoms with E-state index in [-0.39, 0.29) is 0 Å². The molecule has 13 heteroatoms. The minimum absolute atomic E-state index is 0.436. The molecule has 5 atom stereocenters. The number of nitro groups is 1. The molecular weight excluding hydrogens is 320 g/mol. The van der Waals surface area contributed by atoms with Gasteiger partial charge < -0.3 is 30.8 Å². The molecule has 0 unspecified atom stereocenters. The van der Waals surface area contributed by atoms with Crippen LogP contribution in [0.15, 0.2) is 9.59 Å². The van der Waals surface area contributed by atoms with E-state index in [0.717, 1.165) is 0 Å². The lowest BCUT2D eigenvalue weighted by Gasteiger charge is -2.27. The van der Waals surface area contributed by atoms with E-state index in [9.17, 15) is 40.1 Å². The number of fused-ring (bicyclic) bond motifs is 1. The first kappa shape index (κ1) is 17.0. The highest BCUT2D eigenvalue weighted by atomic mass is 16.6. The molecule has 7 N–H and O–H groups in total. The number of hydrogen-bond donors (Lipinski definition) is 7. The second-order valence-corrected chi connectivity index (χ2v) is 4.90. The van der Waals surface area contributed by atoms with Crippen LogP contribution in [0.2, 0.25) is 0 Å². The molecule has 0 radical (unpaired) electrons. The minimum atomic E-state index is -1.92. The first-order valence-corrected chi connectivity index (χ1v) is 6.33. The molecule has 0 aromatic carbocycles. The highest BCUT2D eigenvalue weighted by Crippen LogP contribution is 2.32. The van der Waals surface area contributed by atoms with E-state index < -0.39 is 64.9 Å². The van der Waals surface area contributed by atoms with E-state index in [4.69, 9.17) is 5.11 Å². The lowest BCUT2D eigenvalue weighted by Crippen LogP contribution is -2.49. The van der Waals surface area contributed by atoms with E-state index in [1.165, 1.54) is 0 Å². The smallest absolute Gasteiger partial charge is 0.374 e. The topological polar surface area (TPSA) is 211 Å². The molecule has 2 heterocycles. The Hall–Kier alpha value is -2.32. The van der Waals surface area contributed by atoms with Gasteiger partial charge in [0.15, 0.2) is 12.0 Å². The number of aliphatic hydroxyl groups is 5. The summed E-state index contributed by atoms with van der Waals surface area (Å²) in [5.74, 6) is -0.647. The maximum absolute atomic E-state index is 11.7. The number of anilines is 1. The Morgan fingerprint density at radius 1 is 1.30 bits per heavy atom. The SMILES string of the molecule is O=c1[nH]c(=O)n2c(c1[N+](=O)[O-])N[C@@H]([C@H](O)[C@H](O)[C@@H](O)CO)[C@H]2O. The van der Waals surface area contributed by atoms with Crippen molar-refractivity contribution in [1.82, 2.24) is 9.55 Å². The maximum Gasteiger partial charge on any atom is 0.374 e. The molecule has 0 fully saturated rings. The molecule has 0 bridgehead atoms. The number of H-pyrrole nitrogens is 1. The largest absolute Gasteiger partial charge is 0.394 e. The van der Waals surface area contributed by atoms with Crippen molar-refractivity contribution < 1.29 is 30.5 Å². The standard InChI is InChI=1S/C10H14N4O9/c15-1-2(16)5(17)6(18)3-9(20)13-7(11-3)4(14(22)23)8(19)12-10(13)21/h2-3,5-6,9,11,15-18,20H,1H2,(H,12,19,21)/t2-,3-,5+,6-,9+/m0/s1. The van der Waals surface area contributed by atoms with Crippen LogP contribution in [0, 0.1) is 10.1 Å². The van der Waals surface area contributed by atoms with Crippen LogP contribution in [-0.2, 0) is 0 Å². The number of nitrogens with one attached hydrogen (secondary N) is 2. The molecule has 23 heavy (non-hydrogen) atoms. The summed E-state index contributed by atoms with van der Waals surface area (Å²) < 4.78 is 0.436. The number of aliphatic hydroxyl groups excluding tert-OH is 5. The van der Waals surface area contributed by atoms with Gasteiger partial charge in [0.1, 0.15) is 24.4 Å². The van der Waals surface area contributed by atoms with Crippen LogP contribution in [0.5, 0.6) is 0 Å². The Morgan fingerprint density at radius 3 is 2.43 bits per heavy atom. The van der Waals surface area contributed by atoms with Crippen LogP contribution in [0.3, 0.4) is 0 Å². The van der Waals surface area contributed by atoms with Gasteiger partial charge in [-0.2, -0.15) is 0 Å². The van der Waals surface area contributed by atoms with Crippen LogP contribution in [0.25, 0.3) is 0 Å². The van der Waals surface area contributed by atoms with Gasteiger partial charge in [0.05, 0.1) is 11.5 Å². The summed E-state index contributed by atoms with van der Waals surface area (Å²) in [5, 5.41) is 60.8. The van der Waals surface area contributed by atoms with E-state index in [1.807, 2.05) is 0 Å². The lowest BCUT2D eigenvalue weighted by molar-refractivity contribution is -0.385. The monoisotopic (exact) mass is 334 g/mol. The van der Waals surface area contributed by atoms with Crippen molar-refractivity contribution >= 4 is 11.5 Å². The molecule has 1 aliphatic rings. The van der Waals surface area contributed by atoms with Crippen molar-refractivity contribution in [3.8, 4) is 0 Å². The summed E-state index contributed by atoms with van der Waals surface area (Å²) in [5.41, 5.74) is -3.53. The number of aromatic nitrogens is 2. The van der Waals surface area contributed by atoms with E-state index >= 15 is 0 Å². The Kier molecular flexibility index (Phi) is 4.49. The highest BCUT2D eigenvalue weighted by Gasteiger charge is 2.44. The molecule has 0 spiro atoms. The molecule has 1 aromatic rings. The van der Waals surface area contributed by atoms with Crippen LogP contribution in [0.4, 0.5) is 11.5 Å². The molecule has 0 saturated heterocycles. The summed E-state index contributed by atoms with van der Waals surface area (Å²) in [6.07, 6.45) is -7.47. The fourth-order valence-electron chi connectivity index (χ4n) is 2.30. The fraction of sp³-hybridized carbons (Fsp3) is 0.600. The highest BCUT2D eigenvalue weighted by molar-refractivity contribution is 5.58. The van der Waals surface area contributed by atoms with Crippen molar-refractivity contribution in [3.63, 3.8) is 0 Å². The third-order valence-corrected chi connectivity index (χ3v) is 3.49. The number of rotatable bonds is 5. The van der Waals surface area contributed by atoms with Crippen molar-refractivity contribution in [2.75, 3.05) is 11.9 Å². The van der Waals surface area contributed by atoms with Crippen LogP contribution in [0.1, 0.15) is 6.23 Å². The number of hydrogen-bond acceptors (Lipinski definition) is 10. The van der Waals surface area contributed by atoms with Gasteiger partial charge in [0.2, 0.25) is 0 Å². The predicted octanol–water partition coefficient (Wildman–Crippen LogP) is -4.20. The minimum Gasteiger partial charge on any atom is -0.394 e. The zero-order chi connectivity index (χ0) is 17.5. The van der Waals surface area contributed by atoms with Crippen LogP contribution < -0.4 is 16.6 Å². The summed E-state index contributed by atoms with van der Waals surface area (Å²) in [6, 6.07) is -1.55. The summed E-state index contributed by atoms with van der Waals surface area (Å²) in [4.78, 5) is 34.7. The second kappa shape index (κ2) is 6.05. The lowest BCUT2D eigenvalue weighted by atomic mass is 10.0. The first-order chi connectivity index (χ1) is 10.7. The van der Waals surface area contributed by atoms with Gasteiger partial charge in [0.25, 0.3) is 0 Å². The van der Waals surface area contributed by atoms with Crippen molar-refractivity contribution in [3.05, 3.63) is 31.0 Å². The average molecular weight is 334 g/mol. The zero-order valence-corrected chi connectivity index (χ0v) is 11.4. The Morgan fingerprint density at radius 2 is 1.91 bits per heavy atom. The van der Waals surface area contributed by atoms with Crippen LogP contribution in [-0.4, -0.2) is 71.0 Å². The Balaban J connectivity index is 2.47. The normalized spacial score (nSPS) is 23.7. The third-order valence-electron chi connectivity index (χ3n) is 3.49. The first-order valence-electron chi connectivity index (χ1n) is 6.33. The van der Waals surface area contributed by atoms with Gasteiger partial charge >= 0.3 is 16.9 Å². The molecule has 128 valence electrons. The molecule has 0 saturated carbocycles. The Bertz CT molecular complexity index is 728. The van der Waals surface area contributed by atoms with Crippen molar-refractivity contribution in [2.24, 2.45) is 0 Å². The summed E-state index contributed by atoms with van der Waals surface area (Å²) >= 11 is 0. The van der Waals surface area contributed by atoms with E-state index in [0.29, 0.717) is 4.57 Å². The number of aromatic amines is 1. The molecular formula is C10H14N4O9. The van der Waals surface area contributed by atoms with E-state index in [2.05, 4.69) is 5.32 Å². The molecule has 2 rings (SSSR count). The second-order valence-electron chi connectivity index (χ2n) is 4.90. The summed E-state index contributed by atoms with van der Waals surface area (Å²) in [7, 11) is 0. The van der Waals surface area contributed by atoms with Gasteiger partial charge in [-0.15, -0.1) is 0 Å². The van der Waals surface area contributed by atoms with Gasteiger partial charge in [-0.1, -0.05) is 0 Å². The molecule has 1 aromatic heterocycles. The van der Waals surface area contributed by atoms with Crippen molar-refractivity contribution in [2.45, 2.75) is 30.6 Å². The predicted molar refractivity (Wildman–Crippen MR) is 71.7 cm³/mol. The van der Waals surface area contributed by atoms with Gasteiger partial charge in [-0.3, -0.25) is 19.9 Å². The van der Waals surface area contributed by atoms with E-state index in [1.54, 1.807) is 4.98 Å². The van der Waals surface area contributed by atoms with Crippen molar-refractivity contribution in [1.29, 1.82) is 0 Å². The van der Waals surface area contributed by atoms with Gasteiger partial charge in [-0.05, 0) is 0 Å². The number of nitrogens with zero attached hydrogens (tertiary/aromatic N) is 2. The molecule has 0 amide bonds.